The van der Waals surface area contributed by atoms with Gasteiger partial charge in [0.25, 0.3) is 0 Å². The summed E-state index contributed by atoms with van der Waals surface area (Å²) in [6.45, 7) is -0.378. The van der Waals surface area contributed by atoms with Crippen molar-refractivity contribution in [3.05, 3.63) is 26.2 Å². The highest BCUT2D eigenvalue weighted by atomic mass is 79.9. The van der Waals surface area contributed by atoms with Crippen LogP contribution in [0.2, 0.25) is 0 Å². The molecule has 0 fully saturated rings. The number of nitrogens with zero attached hydrogens (tertiary/aromatic N) is 1. The van der Waals surface area contributed by atoms with Gasteiger partial charge >= 0.3 is 0 Å². The molecule has 0 saturated carbocycles. The van der Waals surface area contributed by atoms with Gasteiger partial charge in [0, 0.05) is 11.0 Å². The van der Waals surface area contributed by atoms with Gasteiger partial charge in [-0.2, -0.15) is 0 Å². The maximum atomic E-state index is 10.6. The summed E-state index contributed by atoms with van der Waals surface area (Å²) in [6, 6.07) is 1.60. The summed E-state index contributed by atoms with van der Waals surface area (Å²) >= 11 is 3.26. The van der Waals surface area contributed by atoms with Crippen molar-refractivity contribution in [2.45, 2.75) is 6.54 Å². The molecule has 0 spiro atoms. The first-order valence-corrected chi connectivity index (χ1v) is 5.43. The molecule has 0 atom stereocenters. The van der Waals surface area contributed by atoms with Crippen LogP contribution in [0, 0.1) is 10.1 Å². The van der Waals surface area contributed by atoms with Crippen molar-refractivity contribution in [3.8, 4) is 17.2 Å². The van der Waals surface area contributed by atoms with E-state index >= 15 is 0 Å². The molecule has 1 aromatic carbocycles. The summed E-state index contributed by atoms with van der Waals surface area (Å²) in [5, 5.41) is 10.6. The van der Waals surface area contributed by atoms with Crippen molar-refractivity contribution in [2.24, 2.45) is 0 Å². The van der Waals surface area contributed by atoms with Crippen molar-refractivity contribution in [1.29, 1.82) is 0 Å². The molecule has 94 valence electrons. The minimum atomic E-state index is -0.443. The zero-order valence-corrected chi connectivity index (χ0v) is 11.2. The van der Waals surface area contributed by atoms with E-state index in [1.165, 1.54) is 21.3 Å². The molecule has 0 aromatic heterocycles. The second kappa shape index (κ2) is 5.72. The number of hydrogen-bond acceptors (Lipinski definition) is 5. The van der Waals surface area contributed by atoms with E-state index in [-0.39, 0.29) is 6.54 Å². The number of benzene rings is 1. The third-order valence-corrected chi connectivity index (χ3v) is 3.04. The van der Waals surface area contributed by atoms with Crippen LogP contribution in [-0.2, 0) is 6.54 Å². The van der Waals surface area contributed by atoms with E-state index in [9.17, 15) is 10.1 Å². The summed E-state index contributed by atoms with van der Waals surface area (Å²) in [5.41, 5.74) is 0.383. The zero-order chi connectivity index (χ0) is 13.0. The standard InChI is InChI=1S/C10H12BrNO5/c1-15-7-4-8(16-2)10(17-3)6(9(7)11)5-12(13)14/h4H,5H2,1-3H3. The van der Waals surface area contributed by atoms with Crippen LogP contribution in [0.1, 0.15) is 5.56 Å². The number of rotatable bonds is 5. The lowest BCUT2D eigenvalue weighted by Crippen LogP contribution is -2.05. The first-order chi connectivity index (χ1) is 8.04. The van der Waals surface area contributed by atoms with Crippen LogP contribution in [0.5, 0.6) is 17.2 Å². The highest BCUT2D eigenvalue weighted by molar-refractivity contribution is 9.10. The predicted molar refractivity (Wildman–Crippen MR) is 64.5 cm³/mol. The monoisotopic (exact) mass is 305 g/mol. The third kappa shape index (κ3) is 2.79. The molecule has 0 saturated heterocycles. The number of hydrogen-bond donors (Lipinski definition) is 0. The van der Waals surface area contributed by atoms with Gasteiger partial charge in [0.2, 0.25) is 6.54 Å². The molecule has 0 heterocycles. The summed E-state index contributed by atoms with van der Waals surface area (Å²) in [7, 11) is 4.36. The third-order valence-electron chi connectivity index (χ3n) is 2.17. The Morgan fingerprint density at radius 3 is 2.24 bits per heavy atom. The van der Waals surface area contributed by atoms with E-state index in [0.717, 1.165) is 0 Å². The van der Waals surface area contributed by atoms with Gasteiger partial charge in [-0.15, -0.1) is 0 Å². The molecule has 0 unspecified atom stereocenters. The van der Waals surface area contributed by atoms with Gasteiger partial charge in [-0.1, -0.05) is 0 Å². The Morgan fingerprint density at radius 1 is 1.24 bits per heavy atom. The average molecular weight is 306 g/mol. The summed E-state index contributed by atoms with van der Waals surface area (Å²) < 4.78 is 15.8. The molecule has 7 heteroatoms. The van der Waals surface area contributed by atoms with Crippen LogP contribution in [0.4, 0.5) is 0 Å². The largest absolute Gasteiger partial charge is 0.495 e. The van der Waals surface area contributed by atoms with E-state index in [2.05, 4.69) is 15.9 Å². The first-order valence-electron chi connectivity index (χ1n) is 4.64. The molecule has 17 heavy (non-hydrogen) atoms. The van der Waals surface area contributed by atoms with Crippen molar-refractivity contribution in [1.82, 2.24) is 0 Å². The van der Waals surface area contributed by atoms with Crippen LogP contribution in [0.25, 0.3) is 0 Å². The van der Waals surface area contributed by atoms with E-state index in [1.807, 2.05) is 0 Å². The molecule has 0 bridgehead atoms. The SMILES string of the molecule is COc1cc(OC)c(OC)c(C[N+](=O)[O-])c1Br. The van der Waals surface area contributed by atoms with E-state index < -0.39 is 4.92 Å². The van der Waals surface area contributed by atoms with Gasteiger partial charge in [-0.05, 0) is 15.9 Å². The predicted octanol–water partition coefficient (Wildman–Crippen LogP) is 2.25. The Labute approximate surface area is 107 Å². The quantitative estimate of drug-likeness (QED) is 0.616. The number of methoxy groups -OCH3 is 3. The fourth-order valence-electron chi connectivity index (χ4n) is 1.44. The maximum absolute atomic E-state index is 10.6. The second-order valence-electron chi connectivity index (χ2n) is 3.10. The highest BCUT2D eigenvalue weighted by Gasteiger charge is 2.22. The van der Waals surface area contributed by atoms with Gasteiger partial charge in [-0.25, -0.2) is 0 Å². The van der Waals surface area contributed by atoms with Crippen molar-refractivity contribution >= 4 is 15.9 Å². The Hall–Kier alpha value is -1.50. The van der Waals surface area contributed by atoms with Crippen LogP contribution in [0.3, 0.4) is 0 Å². The Bertz CT molecular complexity index is 435. The molecule has 6 nitrogen and oxygen atoms in total. The fraction of sp³-hybridized carbons (Fsp3) is 0.400. The minimum Gasteiger partial charge on any atom is -0.495 e. The van der Waals surface area contributed by atoms with E-state index in [4.69, 9.17) is 14.2 Å². The van der Waals surface area contributed by atoms with Gasteiger partial charge < -0.3 is 14.2 Å². The highest BCUT2D eigenvalue weighted by Crippen LogP contribution is 2.42. The lowest BCUT2D eigenvalue weighted by molar-refractivity contribution is -0.497. The summed E-state index contributed by atoms with van der Waals surface area (Å²) in [5.74, 6) is 1.18. The Morgan fingerprint density at radius 2 is 1.82 bits per heavy atom. The molecular weight excluding hydrogens is 294 g/mol. The van der Waals surface area contributed by atoms with Crippen molar-refractivity contribution < 1.29 is 19.1 Å². The minimum absolute atomic E-state index is 0.330. The van der Waals surface area contributed by atoms with Crippen molar-refractivity contribution in [2.75, 3.05) is 21.3 Å². The molecule has 0 aliphatic rings. The van der Waals surface area contributed by atoms with Crippen LogP contribution in [0.15, 0.2) is 10.5 Å². The lowest BCUT2D eigenvalue weighted by Gasteiger charge is -2.14. The first kappa shape index (κ1) is 13.6. The molecule has 0 radical (unpaired) electrons. The molecule has 0 aliphatic heterocycles. The molecule has 0 amide bonds. The topological polar surface area (TPSA) is 70.8 Å². The van der Waals surface area contributed by atoms with Gasteiger partial charge in [-0.3, -0.25) is 10.1 Å². The van der Waals surface area contributed by atoms with Gasteiger partial charge in [0.15, 0.2) is 11.5 Å². The Kier molecular flexibility index (Phi) is 4.56. The van der Waals surface area contributed by atoms with Crippen LogP contribution in [-0.4, -0.2) is 26.3 Å². The second-order valence-corrected chi connectivity index (χ2v) is 3.89. The van der Waals surface area contributed by atoms with Gasteiger partial charge in [0.1, 0.15) is 5.75 Å². The van der Waals surface area contributed by atoms with Crippen molar-refractivity contribution in [3.63, 3.8) is 0 Å². The van der Waals surface area contributed by atoms with Gasteiger partial charge in [0.05, 0.1) is 31.4 Å². The van der Waals surface area contributed by atoms with Crippen LogP contribution < -0.4 is 14.2 Å². The number of nitro groups is 1. The molecule has 0 N–H and O–H groups in total. The molecular formula is C10H12BrNO5. The maximum Gasteiger partial charge on any atom is 0.233 e. The smallest absolute Gasteiger partial charge is 0.233 e. The summed E-state index contributed by atoms with van der Waals surface area (Å²) in [6.07, 6.45) is 0. The number of halogens is 1. The number of ether oxygens (including phenoxy) is 3. The van der Waals surface area contributed by atoms with E-state index in [1.54, 1.807) is 6.07 Å². The molecule has 0 aliphatic carbocycles. The molecule has 1 rings (SSSR count). The lowest BCUT2D eigenvalue weighted by atomic mass is 10.1. The average Bonchev–Trinajstić information content (AvgIpc) is 2.30. The molecule has 1 aromatic rings. The zero-order valence-electron chi connectivity index (χ0n) is 9.65. The Balaban J connectivity index is 3.43. The van der Waals surface area contributed by atoms with E-state index in [0.29, 0.717) is 27.3 Å². The van der Waals surface area contributed by atoms with Crippen LogP contribution >= 0.6 is 15.9 Å². The summed E-state index contributed by atoms with van der Waals surface area (Å²) in [4.78, 5) is 10.2. The normalized spacial score (nSPS) is 9.88. The fourth-order valence-corrected chi connectivity index (χ4v) is 2.02.